The Labute approximate surface area is 145 Å². The fourth-order valence-electron chi connectivity index (χ4n) is 3.88. The second-order valence-corrected chi connectivity index (χ2v) is 7.37. The number of halogens is 1. The summed E-state index contributed by atoms with van der Waals surface area (Å²) < 4.78 is 7.61. The molecule has 7 heteroatoms. The van der Waals surface area contributed by atoms with Gasteiger partial charge in [-0.2, -0.15) is 5.10 Å². The fourth-order valence-corrected chi connectivity index (χ4v) is 4.14. The molecular formula is C17H21ClN4O2. The molecule has 1 amide bonds. The van der Waals surface area contributed by atoms with Crippen LogP contribution in [0.5, 0.6) is 0 Å². The van der Waals surface area contributed by atoms with E-state index < -0.39 is 0 Å². The largest absolute Gasteiger partial charge is 0.373 e. The summed E-state index contributed by atoms with van der Waals surface area (Å²) in [5.74, 6) is -0.260. The summed E-state index contributed by atoms with van der Waals surface area (Å²) in [6.07, 6.45) is 10.3. The highest BCUT2D eigenvalue weighted by Gasteiger charge is 2.41. The van der Waals surface area contributed by atoms with Gasteiger partial charge in [-0.05, 0) is 31.7 Å². The van der Waals surface area contributed by atoms with Crippen LogP contribution in [0.4, 0.5) is 0 Å². The lowest BCUT2D eigenvalue weighted by atomic mass is 9.82. The van der Waals surface area contributed by atoms with Crippen LogP contribution in [0.25, 0.3) is 5.65 Å². The molecule has 1 saturated heterocycles. The van der Waals surface area contributed by atoms with Gasteiger partial charge in [-0.1, -0.05) is 30.9 Å². The first-order valence-corrected chi connectivity index (χ1v) is 8.89. The van der Waals surface area contributed by atoms with Gasteiger partial charge in [0.05, 0.1) is 18.2 Å². The molecule has 2 aromatic rings. The number of carbonyl (C=O) groups excluding carboxylic acids is 1. The van der Waals surface area contributed by atoms with E-state index in [0.29, 0.717) is 17.3 Å². The van der Waals surface area contributed by atoms with Gasteiger partial charge < -0.3 is 10.1 Å². The van der Waals surface area contributed by atoms with E-state index >= 15 is 0 Å². The molecule has 0 bridgehead atoms. The number of carbonyl (C=O) groups is 1. The summed E-state index contributed by atoms with van der Waals surface area (Å²) in [7, 11) is 0. The van der Waals surface area contributed by atoms with E-state index in [0.717, 1.165) is 24.8 Å². The van der Waals surface area contributed by atoms with Crippen molar-refractivity contribution < 1.29 is 9.53 Å². The lowest BCUT2D eigenvalue weighted by Crippen LogP contribution is -2.37. The summed E-state index contributed by atoms with van der Waals surface area (Å²) in [5.41, 5.74) is 1.65. The van der Waals surface area contributed by atoms with E-state index in [9.17, 15) is 4.79 Å². The summed E-state index contributed by atoms with van der Waals surface area (Å²) >= 11 is 6.29. The molecule has 2 aliphatic rings. The lowest BCUT2D eigenvalue weighted by molar-refractivity contribution is -0.0246. The highest BCUT2D eigenvalue weighted by molar-refractivity contribution is 6.36. The Kier molecular flexibility index (Phi) is 3.96. The van der Waals surface area contributed by atoms with E-state index in [4.69, 9.17) is 16.3 Å². The van der Waals surface area contributed by atoms with Gasteiger partial charge in [0.2, 0.25) is 0 Å². The van der Waals surface area contributed by atoms with Crippen molar-refractivity contribution in [2.45, 2.75) is 57.1 Å². The summed E-state index contributed by atoms with van der Waals surface area (Å²) in [6.45, 7) is 2.48. The first-order valence-electron chi connectivity index (χ1n) is 8.52. The van der Waals surface area contributed by atoms with Gasteiger partial charge in [0.1, 0.15) is 5.02 Å². The Hall–Kier alpha value is -1.66. The standard InChI is InChI=1S/C17H21ClN4O2/c1-11-8-19-15-13(18)14(21-22(15)9-11)16(23)20-12-7-17(24-10-12)5-3-2-4-6-17/h8-9,12H,2-7,10H2,1H3,(H,20,23)/t12-/m1/s1. The molecule has 1 aliphatic carbocycles. The molecule has 1 spiro atoms. The molecule has 1 saturated carbocycles. The Bertz CT molecular complexity index is 782. The monoisotopic (exact) mass is 348 g/mol. The van der Waals surface area contributed by atoms with Crippen LogP contribution in [-0.4, -0.2) is 38.8 Å². The van der Waals surface area contributed by atoms with Crippen LogP contribution in [-0.2, 0) is 4.74 Å². The molecule has 2 aromatic heterocycles. The molecule has 1 aliphatic heterocycles. The smallest absolute Gasteiger partial charge is 0.273 e. The quantitative estimate of drug-likeness (QED) is 0.906. The molecule has 2 fully saturated rings. The molecule has 128 valence electrons. The van der Waals surface area contributed by atoms with Crippen LogP contribution in [0.3, 0.4) is 0 Å². The average Bonchev–Trinajstić information content (AvgIpc) is 3.09. The zero-order valence-corrected chi connectivity index (χ0v) is 14.5. The third-order valence-electron chi connectivity index (χ3n) is 5.07. The number of amides is 1. The lowest BCUT2D eigenvalue weighted by Gasteiger charge is -2.32. The van der Waals surface area contributed by atoms with Crippen molar-refractivity contribution in [3.63, 3.8) is 0 Å². The molecular weight excluding hydrogens is 328 g/mol. The Morgan fingerprint density at radius 2 is 2.21 bits per heavy atom. The zero-order chi connectivity index (χ0) is 16.7. The molecule has 4 rings (SSSR count). The van der Waals surface area contributed by atoms with E-state index in [1.807, 2.05) is 6.92 Å². The molecule has 3 heterocycles. The first-order chi connectivity index (χ1) is 11.6. The number of nitrogens with zero attached hydrogens (tertiary/aromatic N) is 3. The minimum Gasteiger partial charge on any atom is -0.373 e. The third-order valence-corrected chi connectivity index (χ3v) is 5.42. The number of hydrogen-bond acceptors (Lipinski definition) is 4. The summed E-state index contributed by atoms with van der Waals surface area (Å²) in [4.78, 5) is 16.8. The number of hydrogen-bond donors (Lipinski definition) is 1. The summed E-state index contributed by atoms with van der Waals surface area (Å²) in [6, 6.07) is 0.0196. The van der Waals surface area contributed by atoms with E-state index in [2.05, 4.69) is 15.4 Å². The van der Waals surface area contributed by atoms with Gasteiger partial charge in [0.15, 0.2) is 11.3 Å². The van der Waals surface area contributed by atoms with E-state index in [-0.39, 0.29) is 23.2 Å². The molecule has 0 unspecified atom stereocenters. The SMILES string of the molecule is Cc1cnc2c(Cl)c(C(=O)N[C@H]3COC4(CCCCC4)C3)nn2c1. The normalized spacial score (nSPS) is 23.0. The maximum atomic E-state index is 12.6. The number of rotatable bonds is 2. The Morgan fingerprint density at radius 1 is 1.42 bits per heavy atom. The van der Waals surface area contributed by atoms with Crippen LogP contribution >= 0.6 is 11.6 Å². The first kappa shape index (κ1) is 15.8. The third kappa shape index (κ3) is 2.78. The maximum Gasteiger partial charge on any atom is 0.273 e. The predicted octanol–water partition coefficient (Wildman–Crippen LogP) is 2.91. The van der Waals surface area contributed by atoms with Crippen molar-refractivity contribution in [2.75, 3.05) is 6.61 Å². The summed E-state index contributed by atoms with van der Waals surface area (Å²) in [5, 5.41) is 7.61. The van der Waals surface area contributed by atoms with Gasteiger partial charge in [-0.15, -0.1) is 0 Å². The van der Waals surface area contributed by atoms with E-state index in [1.54, 1.807) is 16.9 Å². The second-order valence-electron chi connectivity index (χ2n) is 6.99. The highest BCUT2D eigenvalue weighted by atomic mass is 35.5. The van der Waals surface area contributed by atoms with Crippen molar-refractivity contribution in [2.24, 2.45) is 0 Å². The number of aryl methyl sites for hydroxylation is 1. The van der Waals surface area contributed by atoms with Crippen molar-refractivity contribution in [3.8, 4) is 0 Å². The maximum absolute atomic E-state index is 12.6. The number of fused-ring (bicyclic) bond motifs is 1. The Balaban J connectivity index is 1.50. The van der Waals surface area contributed by atoms with Gasteiger partial charge >= 0.3 is 0 Å². The van der Waals surface area contributed by atoms with Crippen LogP contribution in [0, 0.1) is 6.92 Å². The predicted molar refractivity (Wildman–Crippen MR) is 90.4 cm³/mol. The highest BCUT2D eigenvalue weighted by Crippen LogP contribution is 2.39. The number of ether oxygens (including phenoxy) is 1. The minimum absolute atomic E-state index is 0.0196. The van der Waals surface area contributed by atoms with Crippen LogP contribution in [0.2, 0.25) is 5.02 Å². The van der Waals surface area contributed by atoms with Gasteiger partial charge in [-0.3, -0.25) is 4.79 Å². The fraction of sp³-hybridized carbons (Fsp3) is 0.588. The topological polar surface area (TPSA) is 68.5 Å². The zero-order valence-electron chi connectivity index (χ0n) is 13.7. The van der Waals surface area contributed by atoms with E-state index in [1.165, 1.54) is 19.3 Å². The van der Waals surface area contributed by atoms with Crippen LogP contribution < -0.4 is 5.32 Å². The van der Waals surface area contributed by atoms with Gasteiger partial charge in [0, 0.05) is 12.4 Å². The minimum atomic E-state index is -0.260. The molecule has 1 N–H and O–H groups in total. The Morgan fingerprint density at radius 3 is 3.00 bits per heavy atom. The van der Waals surface area contributed by atoms with Crippen molar-refractivity contribution in [3.05, 3.63) is 28.7 Å². The van der Waals surface area contributed by atoms with Crippen molar-refractivity contribution in [1.29, 1.82) is 0 Å². The van der Waals surface area contributed by atoms with Crippen LogP contribution in [0.1, 0.15) is 54.6 Å². The van der Waals surface area contributed by atoms with Gasteiger partial charge in [0.25, 0.3) is 5.91 Å². The molecule has 6 nitrogen and oxygen atoms in total. The van der Waals surface area contributed by atoms with Crippen molar-refractivity contribution in [1.82, 2.24) is 19.9 Å². The average molecular weight is 349 g/mol. The molecule has 0 radical (unpaired) electrons. The van der Waals surface area contributed by atoms with Crippen LogP contribution in [0.15, 0.2) is 12.4 Å². The number of aromatic nitrogens is 3. The molecule has 0 aromatic carbocycles. The van der Waals surface area contributed by atoms with Gasteiger partial charge in [-0.25, -0.2) is 9.50 Å². The molecule has 24 heavy (non-hydrogen) atoms. The molecule has 1 atom stereocenters. The van der Waals surface area contributed by atoms with Crippen molar-refractivity contribution >= 4 is 23.2 Å². The number of nitrogens with one attached hydrogen (secondary N) is 1. The second kappa shape index (κ2) is 6.01.